The summed E-state index contributed by atoms with van der Waals surface area (Å²) in [5.41, 5.74) is 0.623. The van der Waals surface area contributed by atoms with Crippen molar-refractivity contribution < 1.29 is 13.9 Å². The number of amides is 1. The van der Waals surface area contributed by atoms with Crippen LogP contribution in [-0.2, 0) is 11.2 Å². The number of nitrogens with zero attached hydrogens (tertiary/aromatic N) is 3. The molecule has 0 unspecified atom stereocenters. The number of carbonyl (C=O) groups is 1. The summed E-state index contributed by atoms with van der Waals surface area (Å²) in [7, 11) is 1.79. The Hall–Kier alpha value is -2.15. The van der Waals surface area contributed by atoms with Crippen molar-refractivity contribution in [2.75, 3.05) is 20.2 Å². The molecular formula is C16H22N4O3. The second-order valence-electron chi connectivity index (χ2n) is 5.88. The summed E-state index contributed by atoms with van der Waals surface area (Å²) in [6.07, 6.45) is 3.04. The lowest BCUT2D eigenvalue weighted by atomic mass is 10.00. The molecule has 3 heterocycles. The lowest BCUT2D eigenvalue weighted by Gasteiger charge is -2.23. The first-order valence-corrected chi connectivity index (χ1v) is 7.92. The van der Waals surface area contributed by atoms with E-state index in [9.17, 15) is 4.79 Å². The van der Waals surface area contributed by atoms with Gasteiger partial charge in [0.15, 0.2) is 5.82 Å². The van der Waals surface area contributed by atoms with Crippen LogP contribution in [0.5, 0.6) is 0 Å². The van der Waals surface area contributed by atoms with Gasteiger partial charge in [-0.05, 0) is 19.4 Å². The van der Waals surface area contributed by atoms with Crippen molar-refractivity contribution in [1.29, 1.82) is 0 Å². The summed E-state index contributed by atoms with van der Waals surface area (Å²) in [5, 5.41) is 7.11. The Morgan fingerprint density at radius 1 is 1.52 bits per heavy atom. The highest BCUT2D eigenvalue weighted by molar-refractivity contribution is 5.95. The van der Waals surface area contributed by atoms with Gasteiger partial charge in [-0.3, -0.25) is 9.89 Å². The van der Waals surface area contributed by atoms with Crippen LogP contribution in [0.3, 0.4) is 0 Å². The number of likely N-dealkylation sites (N-methyl/N-ethyl adjacent to an activating group) is 1. The maximum Gasteiger partial charge on any atom is 0.257 e. The van der Waals surface area contributed by atoms with E-state index >= 15 is 0 Å². The zero-order chi connectivity index (χ0) is 16.4. The number of hydrogen-bond acceptors (Lipinski definition) is 5. The van der Waals surface area contributed by atoms with E-state index in [-0.39, 0.29) is 17.9 Å². The highest BCUT2D eigenvalue weighted by Gasteiger charge is 2.34. The minimum atomic E-state index is -0.0869. The third-order valence-corrected chi connectivity index (χ3v) is 4.25. The molecule has 2 aromatic rings. The first-order chi connectivity index (χ1) is 11.1. The summed E-state index contributed by atoms with van der Waals surface area (Å²) in [4.78, 5) is 18.7. The van der Waals surface area contributed by atoms with Crippen LogP contribution in [0.1, 0.15) is 47.0 Å². The van der Waals surface area contributed by atoms with Gasteiger partial charge in [-0.2, -0.15) is 5.10 Å². The van der Waals surface area contributed by atoms with Gasteiger partial charge in [0.25, 0.3) is 5.91 Å². The number of ether oxygens (including phenoxy) is 1. The van der Waals surface area contributed by atoms with Crippen molar-refractivity contribution in [3.05, 3.63) is 35.3 Å². The van der Waals surface area contributed by atoms with Gasteiger partial charge in [0.05, 0.1) is 23.8 Å². The average Bonchev–Trinajstić information content (AvgIpc) is 3.25. The van der Waals surface area contributed by atoms with E-state index in [0.29, 0.717) is 25.1 Å². The molecule has 1 N–H and O–H groups in total. The minimum absolute atomic E-state index is 0.0454. The van der Waals surface area contributed by atoms with E-state index in [1.165, 1.54) is 0 Å². The van der Waals surface area contributed by atoms with Crippen LogP contribution >= 0.6 is 0 Å². The monoisotopic (exact) mass is 318 g/mol. The van der Waals surface area contributed by atoms with E-state index in [1.54, 1.807) is 24.3 Å². The zero-order valence-corrected chi connectivity index (χ0v) is 13.7. The smallest absolute Gasteiger partial charge is 0.257 e. The molecule has 1 aliphatic heterocycles. The first kappa shape index (κ1) is 15.7. The van der Waals surface area contributed by atoms with Gasteiger partial charge in [0.1, 0.15) is 11.6 Å². The van der Waals surface area contributed by atoms with E-state index in [2.05, 4.69) is 15.2 Å². The summed E-state index contributed by atoms with van der Waals surface area (Å²) < 4.78 is 11.2. The molecule has 1 aliphatic rings. The predicted octanol–water partition coefficient (Wildman–Crippen LogP) is 1.91. The molecule has 0 aromatic carbocycles. The van der Waals surface area contributed by atoms with Crippen LogP contribution in [0.25, 0.3) is 0 Å². The van der Waals surface area contributed by atoms with Crippen LogP contribution in [0.15, 0.2) is 16.7 Å². The Morgan fingerprint density at radius 3 is 3.04 bits per heavy atom. The topological polar surface area (TPSA) is 84.3 Å². The fraction of sp³-hybridized carbons (Fsp3) is 0.562. The Balaban J connectivity index is 1.69. The largest absolute Gasteiger partial charge is 0.469 e. The number of hydrogen-bond donors (Lipinski definition) is 1. The van der Waals surface area contributed by atoms with Crippen LogP contribution < -0.4 is 0 Å². The molecule has 0 bridgehead atoms. The summed E-state index contributed by atoms with van der Waals surface area (Å²) >= 11 is 0. The third-order valence-electron chi connectivity index (χ3n) is 4.25. The van der Waals surface area contributed by atoms with Gasteiger partial charge in [-0.1, -0.05) is 6.92 Å². The molecule has 1 amide bonds. The Kier molecular flexibility index (Phi) is 4.47. The van der Waals surface area contributed by atoms with Crippen LogP contribution in [0.2, 0.25) is 0 Å². The van der Waals surface area contributed by atoms with Crippen molar-refractivity contribution in [2.45, 2.75) is 38.7 Å². The quantitative estimate of drug-likeness (QED) is 0.910. The molecular weight excluding hydrogens is 296 g/mol. The summed E-state index contributed by atoms with van der Waals surface area (Å²) in [6, 6.07) is 1.73. The molecule has 0 aliphatic carbocycles. The number of nitrogens with one attached hydrogen (secondary N) is 1. The second-order valence-corrected chi connectivity index (χ2v) is 5.88. The molecule has 23 heavy (non-hydrogen) atoms. The normalized spacial score (nSPS) is 20.8. The number of aryl methyl sites for hydroxylation is 2. The van der Waals surface area contributed by atoms with Gasteiger partial charge in [0.2, 0.25) is 0 Å². The molecule has 0 radical (unpaired) electrons. The fourth-order valence-corrected chi connectivity index (χ4v) is 3.01. The van der Waals surface area contributed by atoms with Gasteiger partial charge in [-0.15, -0.1) is 0 Å². The molecule has 0 saturated carbocycles. The fourth-order valence-electron chi connectivity index (χ4n) is 3.01. The van der Waals surface area contributed by atoms with E-state index in [4.69, 9.17) is 9.15 Å². The highest BCUT2D eigenvalue weighted by Crippen LogP contribution is 2.30. The second kappa shape index (κ2) is 6.54. The Bertz CT molecular complexity index is 678. The van der Waals surface area contributed by atoms with Crippen molar-refractivity contribution >= 4 is 5.91 Å². The molecule has 1 fully saturated rings. The van der Waals surface area contributed by atoms with Gasteiger partial charge >= 0.3 is 0 Å². The number of carbonyl (C=O) groups excluding carboxylic acids is 1. The molecule has 7 nitrogen and oxygen atoms in total. The molecule has 7 heteroatoms. The van der Waals surface area contributed by atoms with Crippen molar-refractivity contribution in [2.24, 2.45) is 0 Å². The summed E-state index contributed by atoms with van der Waals surface area (Å²) in [6.45, 7) is 5.02. The van der Waals surface area contributed by atoms with Gasteiger partial charge < -0.3 is 14.1 Å². The number of H-pyrrole nitrogens is 1. The number of furan rings is 1. The lowest BCUT2D eigenvalue weighted by Crippen LogP contribution is -2.36. The molecule has 0 spiro atoms. The minimum Gasteiger partial charge on any atom is -0.469 e. The van der Waals surface area contributed by atoms with E-state index in [1.807, 2.05) is 13.8 Å². The first-order valence-electron chi connectivity index (χ1n) is 7.92. The van der Waals surface area contributed by atoms with Crippen molar-refractivity contribution in [3.63, 3.8) is 0 Å². The van der Waals surface area contributed by atoms with Gasteiger partial charge in [0, 0.05) is 26.6 Å². The van der Waals surface area contributed by atoms with Crippen molar-refractivity contribution in [3.8, 4) is 0 Å². The van der Waals surface area contributed by atoms with Crippen molar-refractivity contribution in [1.82, 2.24) is 20.1 Å². The lowest BCUT2D eigenvalue weighted by molar-refractivity contribution is 0.0548. The molecule has 1 saturated heterocycles. The third kappa shape index (κ3) is 3.14. The van der Waals surface area contributed by atoms with Gasteiger partial charge in [-0.25, -0.2) is 4.98 Å². The Labute approximate surface area is 135 Å². The Morgan fingerprint density at radius 2 is 2.35 bits per heavy atom. The van der Waals surface area contributed by atoms with E-state index in [0.717, 1.165) is 23.8 Å². The van der Waals surface area contributed by atoms with E-state index < -0.39 is 0 Å². The highest BCUT2D eigenvalue weighted by atomic mass is 16.5. The van der Waals surface area contributed by atoms with Crippen LogP contribution in [0, 0.1) is 6.92 Å². The predicted molar refractivity (Wildman–Crippen MR) is 83.3 cm³/mol. The standard InChI is InChI=1S/C16H22N4O3/c1-4-13-12(6-8-22-13)16(21)20(3)9-14-11(5-7-23-14)15-17-10(2)18-19-15/h6,8,11,14H,4-5,7,9H2,1-3H3,(H,17,18,19)/t11-,14-/m1/s1. The number of aromatic nitrogens is 3. The molecule has 124 valence electrons. The maximum absolute atomic E-state index is 12.6. The zero-order valence-electron chi connectivity index (χ0n) is 13.7. The maximum atomic E-state index is 12.6. The number of rotatable bonds is 5. The molecule has 2 atom stereocenters. The van der Waals surface area contributed by atoms with Crippen LogP contribution in [0.4, 0.5) is 0 Å². The molecule has 2 aromatic heterocycles. The SMILES string of the molecule is CCc1occc1C(=O)N(C)C[C@H]1OCC[C@H]1c1n[nH]c(C)n1. The van der Waals surface area contributed by atoms with Crippen LogP contribution in [-0.4, -0.2) is 52.3 Å². The molecule has 3 rings (SSSR count). The average molecular weight is 318 g/mol. The number of aromatic amines is 1. The summed E-state index contributed by atoms with van der Waals surface area (Å²) in [5.74, 6) is 2.35.